The number of morpholine rings is 1. The summed E-state index contributed by atoms with van der Waals surface area (Å²) in [4.78, 5) is 2.54. The van der Waals surface area contributed by atoms with Crippen LogP contribution in [0.5, 0.6) is 0 Å². The summed E-state index contributed by atoms with van der Waals surface area (Å²) in [6.07, 6.45) is 2.35. The van der Waals surface area contributed by atoms with Gasteiger partial charge in [-0.3, -0.25) is 4.90 Å². The fourth-order valence-corrected chi connectivity index (χ4v) is 3.02. The largest absolute Gasteiger partial charge is 0.378 e. The van der Waals surface area contributed by atoms with Crippen LogP contribution in [0.2, 0.25) is 0 Å². The van der Waals surface area contributed by atoms with E-state index < -0.39 is 0 Å². The van der Waals surface area contributed by atoms with Gasteiger partial charge in [-0.15, -0.1) is 0 Å². The summed E-state index contributed by atoms with van der Waals surface area (Å²) in [6.45, 7) is 4.81. The van der Waals surface area contributed by atoms with Crippen LogP contribution in [0.1, 0.15) is 18.4 Å². The van der Waals surface area contributed by atoms with E-state index in [0.717, 1.165) is 44.8 Å². The highest BCUT2D eigenvalue weighted by Gasteiger charge is 2.30. The third kappa shape index (κ3) is 3.32. The first kappa shape index (κ1) is 13.0. The van der Waals surface area contributed by atoms with Crippen molar-refractivity contribution in [2.24, 2.45) is 0 Å². The molecular weight excluding hydrogens is 243 g/mol. The summed E-state index contributed by atoms with van der Waals surface area (Å²) in [5.41, 5.74) is 1.14. The number of hydrogen-bond donors (Lipinski definition) is 1. The molecule has 4 heteroatoms. The lowest BCUT2D eigenvalue weighted by atomic mass is 9.96. The topological polar surface area (TPSA) is 24.5 Å². The Bertz CT molecular complexity index is 409. The van der Waals surface area contributed by atoms with Gasteiger partial charge in [-0.25, -0.2) is 4.39 Å². The van der Waals surface area contributed by atoms with Gasteiger partial charge in [0.2, 0.25) is 0 Å². The summed E-state index contributed by atoms with van der Waals surface area (Å²) >= 11 is 0. The second kappa shape index (κ2) is 5.99. The fourth-order valence-electron chi connectivity index (χ4n) is 3.02. The highest BCUT2D eigenvalue weighted by molar-refractivity contribution is 5.15. The number of nitrogens with one attached hydrogen (secondary N) is 1. The van der Waals surface area contributed by atoms with Crippen LogP contribution < -0.4 is 5.32 Å². The molecule has 0 amide bonds. The molecule has 1 unspecified atom stereocenters. The van der Waals surface area contributed by atoms with Crippen molar-refractivity contribution in [2.45, 2.75) is 31.5 Å². The number of halogens is 1. The predicted molar refractivity (Wildman–Crippen MR) is 72.4 cm³/mol. The summed E-state index contributed by atoms with van der Waals surface area (Å²) in [7, 11) is 0. The van der Waals surface area contributed by atoms with Gasteiger partial charge in [-0.1, -0.05) is 12.1 Å². The zero-order valence-electron chi connectivity index (χ0n) is 11.1. The molecule has 2 saturated heterocycles. The van der Waals surface area contributed by atoms with E-state index in [-0.39, 0.29) is 5.82 Å². The van der Waals surface area contributed by atoms with Crippen molar-refractivity contribution < 1.29 is 9.13 Å². The summed E-state index contributed by atoms with van der Waals surface area (Å²) in [5, 5.41) is 3.59. The van der Waals surface area contributed by atoms with Crippen LogP contribution in [0.3, 0.4) is 0 Å². The smallest absolute Gasteiger partial charge is 0.123 e. The van der Waals surface area contributed by atoms with E-state index >= 15 is 0 Å². The normalized spacial score (nSPS) is 28.1. The van der Waals surface area contributed by atoms with Crippen LogP contribution >= 0.6 is 0 Å². The number of fused-ring (bicyclic) bond motifs is 1. The maximum atomic E-state index is 12.8. The molecule has 2 atom stereocenters. The van der Waals surface area contributed by atoms with Crippen LogP contribution in [-0.2, 0) is 11.3 Å². The van der Waals surface area contributed by atoms with Gasteiger partial charge in [-0.05, 0) is 30.5 Å². The fraction of sp³-hybridized carbons (Fsp3) is 0.600. The second-order valence-corrected chi connectivity index (χ2v) is 5.49. The van der Waals surface area contributed by atoms with Gasteiger partial charge in [0.05, 0.1) is 13.2 Å². The minimum Gasteiger partial charge on any atom is -0.378 e. The Kier molecular flexibility index (Phi) is 4.11. The molecular formula is C15H21FN2O. The molecule has 1 aromatic rings. The van der Waals surface area contributed by atoms with E-state index in [0.29, 0.717) is 12.1 Å². The zero-order chi connectivity index (χ0) is 13.1. The van der Waals surface area contributed by atoms with Gasteiger partial charge in [0.15, 0.2) is 0 Å². The standard InChI is InChI=1S/C15H21FN2O/c16-13-3-1-12(2-4-13)10-17-14-5-6-18-7-8-19-11-15(18)9-14/h1-4,14-15,17H,5-11H2/t14-,15?/m0/s1. The number of benzene rings is 1. The van der Waals surface area contributed by atoms with Gasteiger partial charge < -0.3 is 10.1 Å². The average molecular weight is 264 g/mol. The number of piperidine rings is 1. The predicted octanol–water partition coefficient (Wildman–Crippen LogP) is 1.78. The third-order valence-electron chi connectivity index (χ3n) is 4.18. The molecule has 2 fully saturated rings. The van der Waals surface area contributed by atoms with Crippen LogP contribution in [-0.4, -0.2) is 43.3 Å². The Labute approximate surface area is 113 Å². The minimum absolute atomic E-state index is 0.170. The Morgan fingerprint density at radius 2 is 2.11 bits per heavy atom. The van der Waals surface area contributed by atoms with Crippen molar-refractivity contribution in [3.8, 4) is 0 Å². The molecule has 104 valence electrons. The molecule has 3 rings (SSSR count). The zero-order valence-corrected chi connectivity index (χ0v) is 11.1. The summed E-state index contributed by atoms with van der Waals surface area (Å²) in [6, 6.07) is 7.87. The SMILES string of the molecule is Fc1ccc(CN[C@H]2CCN3CCOCC3C2)cc1. The van der Waals surface area contributed by atoms with Gasteiger partial charge in [0, 0.05) is 31.7 Å². The van der Waals surface area contributed by atoms with Crippen LogP contribution in [0.4, 0.5) is 4.39 Å². The molecule has 19 heavy (non-hydrogen) atoms. The third-order valence-corrected chi connectivity index (χ3v) is 4.18. The summed E-state index contributed by atoms with van der Waals surface area (Å²) in [5.74, 6) is -0.170. The van der Waals surface area contributed by atoms with Crippen molar-refractivity contribution in [3.05, 3.63) is 35.6 Å². The molecule has 0 aliphatic carbocycles. The molecule has 1 N–H and O–H groups in total. The minimum atomic E-state index is -0.170. The quantitative estimate of drug-likeness (QED) is 0.900. The monoisotopic (exact) mass is 264 g/mol. The lowest BCUT2D eigenvalue weighted by molar-refractivity contribution is -0.0298. The van der Waals surface area contributed by atoms with Gasteiger partial charge >= 0.3 is 0 Å². The first-order valence-corrected chi connectivity index (χ1v) is 7.11. The molecule has 2 aliphatic rings. The van der Waals surface area contributed by atoms with E-state index in [1.807, 2.05) is 12.1 Å². The van der Waals surface area contributed by atoms with E-state index in [4.69, 9.17) is 4.74 Å². The molecule has 0 saturated carbocycles. The molecule has 0 radical (unpaired) electrons. The first-order chi connectivity index (χ1) is 9.31. The highest BCUT2D eigenvalue weighted by atomic mass is 19.1. The molecule has 0 bridgehead atoms. The number of hydrogen-bond acceptors (Lipinski definition) is 3. The molecule has 0 aromatic heterocycles. The number of rotatable bonds is 3. The van der Waals surface area contributed by atoms with E-state index in [1.54, 1.807) is 0 Å². The number of nitrogens with zero attached hydrogens (tertiary/aromatic N) is 1. The Balaban J connectivity index is 1.49. The maximum absolute atomic E-state index is 12.8. The molecule has 2 heterocycles. The van der Waals surface area contributed by atoms with Gasteiger partial charge in [0.1, 0.15) is 5.82 Å². The van der Waals surface area contributed by atoms with Gasteiger partial charge in [0.25, 0.3) is 0 Å². The highest BCUT2D eigenvalue weighted by Crippen LogP contribution is 2.20. The maximum Gasteiger partial charge on any atom is 0.123 e. The Morgan fingerprint density at radius 3 is 2.95 bits per heavy atom. The van der Waals surface area contributed by atoms with Crippen LogP contribution in [0, 0.1) is 5.82 Å². The van der Waals surface area contributed by atoms with Crippen molar-refractivity contribution >= 4 is 0 Å². The molecule has 0 spiro atoms. The van der Waals surface area contributed by atoms with E-state index in [1.165, 1.54) is 18.6 Å². The van der Waals surface area contributed by atoms with Crippen molar-refractivity contribution in [1.82, 2.24) is 10.2 Å². The Morgan fingerprint density at radius 1 is 1.26 bits per heavy atom. The van der Waals surface area contributed by atoms with Crippen molar-refractivity contribution in [3.63, 3.8) is 0 Å². The first-order valence-electron chi connectivity index (χ1n) is 7.11. The Hall–Kier alpha value is -0.970. The lowest BCUT2D eigenvalue weighted by Gasteiger charge is -2.42. The van der Waals surface area contributed by atoms with Crippen molar-refractivity contribution in [2.75, 3.05) is 26.3 Å². The molecule has 2 aliphatic heterocycles. The average Bonchev–Trinajstić information content (AvgIpc) is 2.46. The van der Waals surface area contributed by atoms with Crippen LogP contribution in [0.15, 0.2) is 24.3 Å². The van der Waals surface area contributed by atoms with E-state index in [2.05, 4.69) is 10.2 Å². The number of ether oxygens (including phenoxy) is 1. The second-order valence-electron chi connectivity index (χ2n) is 5.49. The molecule has 3 nitrogen and oxygen atoms in total. The van der Waals surface area contributed by atoms with Crippen LogP contribution in [0.25, 0.3) is 0 Å². The van der Waals surface area contributed by atoms with E-state index in [9.17, 15) is 4.39 Å². The van der Waals surface area contributed by atoms with Gasteiger partial charge in [-0.2, -0.15) is 0 Å². The van der Waals surface area contributed by atoms with Crippen molar-refractivity contribution in [1.29, 1.82) is 0 Å². The molecule has 1 aromatic carbocycles. The summed E-state index contributed by atoms with van der Waals surface area (Å²) < 4.78 is 18.4. The lowest BCUT2D eigenvalue weighted by Crippen LogP contribution is -2.53.